The maximum absolute atomic E-state index is 12.5. The molecule has 0 atom stereocenters. The number of anilines is 1. The van der Waals surface area contributed by atoms with E-state index in [0.29, 0.717) is 24.5 Å². The third-order valence-corrected chi connectivity index (χ3v) is 4.92. The van der Waals surface area contributed by atoms with Crippen molar-refractivity contribution in [3.8, 4) is 17.2 Å². The van der Waals surface area contributed by atoms with E-state index in [1.54, 1.807) is 17.0 Å². The van der Waals surface area contributed by atoms with Crippen LogP contribution in [0, 0.1) is 0 Å². The first-order chi connectivity index (χ1) is 14.9. The van der Waals surface area contributed by atoms with E-state index >= 15 is 0 Å². The molecule has 0 aliphatic carbocycles. The summed E-state index contributed by atoms with van der Waals surface area (Å²) >= 11 is 0. The number of hydrogen-bond donors (Lipinski definition) is 1. The van der Waals surface area contributed by atoms with Gasteiger partial charge in [-0.1, -0.05) is 12.1 Å². The minimum Gasteiger partial charge on any atom is -0.455 e. The minimum atomic E-state index is -4.79. The number of nitrogen functional groups attached to an aromatic ring is 1. The van der Waals surface area contributed by atoms with Crippen LogP contribution in [0.15, 0.2) is 42.5 Å². The number of carbonyl (C=O) groups excluding carboxylic acids is 1. The normalized spacial score (nSPS) is 15.4. The van der Waals surface area contributed by atoms with Gasteiger partial charge in [0.15, 0.2) is 5.75 Å². The number of halogens is 3. The van der Waals surface area contributed by atoms with Crippen LogP contribution >= 0.6 is 0 Å². The predicted octanol–water partition coefficient (Wildman–Crippen LogP) is 6.07. The molecule has 0 saturated carbocycles. The van der Waals surface area contributed by atoms with Gasteiger partial charge in [0.25, 0.3) is 0 Å². The highest BCUT2D eigenvalue weighted by atomic mass is 19.4. The lowest BCUT2D eigenvalue weighted by molar-refractivity contribution is -0.274. The van der Waals surface area contributed by atoms with Gasteiger partial charge in [-0.2, -0.15) is 0 Å². The number of piperidine rings is 1. The molecular weight excluding hydrogens is 425 g/mol. The van der Waals surface area contributed by atoms with Crippen molar-refractivity contribution in [2.24, 2.45) is 0 Å². The van der Waals surface area contributed by atoms with Gasteiger partial charge < -0.3 is 24.8 Å². The van der Waals surface area contributed by atoms with E-state index in [9.17, 15) is 18.0 Å². The smallest absolute Gasteiger partial charge is 0.455 e. The average molecular weight is 452 g/mol. The Bertz CT molecular complexity index is 949. The van der Waals surface area contributed by atoms with Gasteiger partial charge in [0.2, 0.25) is 0 Å². The van der Waals surface area contributed by atoms with Crippen LogP contribution < -0.4 is 15.2 Å². The molecule has 0 radical (unpaired) electrons. The number of alkyl halides is 3. The number of ether oxygens (including phenoxy) is 3. The van der Waals surface area contributed by atoms with E-state index in [4.69, 9.17) is 15.2 Å². The Kier molecular flexibility index (Phi) is 6.76. The maximum atomic E-state index is 12.5. The molecule has 2 aromatic carbocycles. The van der Waals surface area contributed by atoms with Crippen molar-refractivity contribution in [3.63, 3.8) is 0 Å². The van der Waals surface area contributed by atoms with Crippen molar-refractivity contribution in [3.05, 3.63) is 48.0 Å². The second-order valence-corrected chi connectivity index (χ2v) is 8.66. The van der Waals surface area contributed by atoms with E-state index in [1.165, 1.54) is 18.2 Å². The number of rotatable bonds is 4. The number of hydrogen-bond acceptors (Lipinski definition) is 5. The van der Waals surface area contributed by atoms with E-state index < -0.39 is 12.0 Å². The number of amides is 1. The number of nitrogens with two attached hydrogens (primary N) is 1. The molecule has 1 amide bonds. The standard InChI is InChI=1S/C23H27F3N2O4/c1-22(2,3)32-21(29)28-11-9-15(10-12-28)16-7-8-19(27)20(13-16)30-17-5-4-6-18(14-17)31-23(24,25)26/h4-8,13-15H,9-12,27H2,1-3H3. The summed E-state index contributed by atoms with van der Waals surface area (Å²) < 4.78 is 52.5. The Morgan fingerprint density at radius 3 is 2.31 bits per heavy atom. The van der Waals surface area contributed by atoms with Crippen LogP contribution in [-0.4, -0.2) is 36.0 Å². The largest absolute Gasteiger partial charge is 0.573 e. The molecule has 0 bridgehead atoms. The summed E-state index contributed by atoms with van der Waals surface area (Å²) in [5.74, 6) is 0.340. The monoisotopic (exact) mass is 452 g/mol. The molecule has 1 heterocycles. The number of benzene rings is 2. The summed E-state index contributed by atoms with van der Waals surface area (Å²) in [5, 5.41) is 0. The Balaban J connectivity index is 1.67. The molecule has 1 aliphatic heterocycles. The molecule has 2 aromatic rings. The first-order valence-corrected chi connectivity index (χ1v) is 10.3. The first-order valence-electron chi connectivity index (χ1n) is 10.3. The van der Waals surface area contributed by atoms with Crippen LogP contribution in [0.4, 0.5) is 23.7 Å². The van der Waals surface area contributed by atoms with E-state index in [-0.39, 0.29) is 23.5 Å². The van der Waals surface area contributed by atoms with Gasteiger partial charge in [-0.05, 0) is 69.4 Å². The van der Waals surface area contributed by atoms with Gasteiger partial charge >= 0.3 is 12.5 Å². The summed E-state index contributed by atoms with van der Waals surface area (Å²) in [6.45, 7) is 6.63. The number of likely N-dealkylation sites (tertiary alicyclic amines) is 1. The van der Waals surface area contributed by atoms with Gasteiger partial charge in [0, 0.05) is 19.2 Å². The molecule has 9 heteroatoms. The van der Waals surface area contributed by atoms with Gasteiger partial charge in [0.05, 0.1) is 5.69 Å². The third kappa shape index (κ3) is 6.70. The third-order valence-electron chi connectivity index (χ3n) is 4.92. The molecular formula is C23H27F3N2O4. The molecule has 32 heavy (non-hydrogen) atoms. The molecule has 1 aliphatic rings. The lowest BCUT2D eigenvalue weighted by atomic mass is 9.89. The second kappa shape index (κ2) is 9.18. The molecule has 1 fully saturated rings. The fraction of sp³-hybridized carbons (Fsp3) is 0.435. The topological polar surface area (TPSA) is 74.0 Å². The van der Waals surface area contributed by atoms with Crippen LogP contribution in [0.1, 0.15) is 45.1 Å². The zero-order valence-electron chi connectivity index (χ0n) is 18.2. The molecule has 174 valence electrons. The van der Waals surface area contributed by atoms with E-state index in [1.807, 2.05) is 26.8 Å². The van der Waals surface area contributed by atoms with Gasteiger partial charge in [0.1, 0.15) is 17.1 Å². The van der Waals surface area contributed by atoms with Crippen LogP contribution in [0.5, 0.6) is 17.2 Å². The van der Waals surface area contributed by atoms with E-state index in [2.05, 4.69) is 4.74 Å². The highest BCUT2D eigenvalue weighted by Crippen LogP contribution is 2.36. The van der Waals surface area contributed by atoms with Crippen LogP contribution in [0.25, 0.3) is 0 Å². The number of carbonyl (C=O) groups is 1. The SMILES string of the molecule is CC(C)(C)OC(=O)N1CCC(c2ccc(N)c(Oc3cccc(OC(F)(F)F)c3)c2)CC1. The van der Waals surface area contributed by atoms with Crippen LogP contribution in [0.3, 0.4) is 0 Å². The maximum Gasteiger partial charge on any atom is 0.573 e. The zero-order valence-corrected chi connectivity index (χ0v) is 18.2. The summed E-state index contributed by atoms with van der Waals surface area (Å²) in [6.07, 6.45) is -3.61. The molecule has 6 nitrogen and oxygen atoms in total. The van der Waals surface area contributed by atoms with Crippen molar-refractivity contribution in [1.29, 1.82) is 0 Å². The zero-order chi connectivity index (χ0) is 23.5. The Morgan fingerprint density at radius 2 is 1.69 bits per heavy atom. The fourth-order valence-corrected chi connectivity index (χ4v) is 3.48. The lowest BCUT2D eigenvalue weighted by Gasteiger charge is -2.33. The molecule has 0 spiro atoms. The number of nitrogens with zero attached hydrogens (tertiary/aromatic N) is 1. The second-order valence-electron chi connectivity index (χ2n) is 8.66. The molecule has 1 saturated heterocycles. The van der Waals surface area contributed by atoms with Gasteiger partial charge in [-0.25, -0.2) is 4.79 Å². The summed E-state index contributed by atoms with van der Waals surface area (Å²) in [7, 11) is 0. The van der Waals surface area contributed by atoms with Crippen LogP contribution in [-0.2, 0) is 4.74 Å². The molecule has 3 rings (SSSR count). The van der Waals surface area contributed by atoms with Crippen molar-refractivity contribution < 1.29 is 32.2 Å². The average Bonchev–Trinajstić information content (AvgIpc) is 2.67. The highest BCUT2D eigenvalue weighted by molar-refractivity contribution is 5.68. The van der Waals surface area contributed by atoms with E-state index in [0.717, 1.165) is 24.5 Å². The molecule has 0 unspecified atom stereocenters. The quantitative estimate of drug-likeness (QED) is 0.570. The van der Waals surface area contributed by atoms with Crippen molar-refractivity contribution in [2.75, 3.05) is 18.8 Å². The summed E-state index contributed by atoms with van der Waals surface area (Å²) in [5.41, 5.74) is 6.83. The van der Waals surface area contributed by atoms with Crippen molar-refractivity contribution in [1.82, 2.24) is 4.90 Å². The first kappa shape index (κ1) is 23.6. The van der Waals surface area contributed by atoms with Gasteiger partial charge in [-0.15, -0.1) is 13.2 Å². The molecule has 0 aromatic heterocycles. The molecule has 2 N–H and O–H groups in total. The minimum absolute atomic E-state index is 0.176. The summed E-state index contributed by atoms with van der Waals surface area (Å²) in [4.78, 5) is 14.0. The Labute approximate surface area is 185 Å². The lowest BCUT2D eigenvalue weighted by Crippen LogP contribution is -2.41. The van der Waals surface area contributed by atoms with Gasteiger partial charge in [-0.3, -0.25) is 0 Å². The Hall–Kier alpha value is -3.10. The predicted molar refractivity (Wildman–Crippen MR) is 114 cm³/mol. The Morgan fingerprint density at radius 1 is 1.03 bits per heavy atom. The summed E-state index contributed by atoms with van der Waals surface area (Å²) in [6, 6.07) is 10.7. The fourth-order valence-electron chi connectivity index (χ4n) is 3.48. The van der Waals surface area contributed by atoms with Crippen LogP contribution in [0.2, 0.25) is 0 Å². The van der Waals surface area contributed by atoms with Crippen molar-refractivity contribution >= 4 is 11.8 Å². The highest BCUT2D eigenvalue weighted by Gasteiger charge is 2.31. The van der Waals surface area contributed by atoms with Crippen molar-refractivity contribution in [2.45, 2.75) is 51.5 Å².